The summed E-state index contributed by atoms with van der Waals surface area (Å²) in [6.45, 7) is 0.905. The maximum Gasteiger partial charge on any atom is 0.242 e. The number of hydrogen-bond donors (Lipinski definition) is 1. The Hall–Kier alpha value is -1.88. The van der Waals surface area contributed by atoms with Gasteiger partial charge in [-0.15, -0.1) is 0 Å². The van der Waals surface area contributed by atoms with Crippen molar-refractivity contribution < 1.29 is 9.53 Å². The Kier molecular flexibility index (Phi) is 3.81. The van der Waals surface area contributed by atoms with Crippen LogP contribution in [0.15, 0.2) is 30.5 Å². The van der Waals surface area contributed by atoms with Crippen LogP contribution < -0.4 is 5.32 Å². The molecule has 1 atom stereocenters. The Morgan fingerprint density at radius 1 is 1.30 bits per heavy atom. The number of amides is 1. The predicted octanol–water partition coefficient (Wildman–Crippen LogP) is 2.64. The van der Waals surface area contributed by atoms with E-state index in [0.717, 1.165) is 30.2 Å². The molecule has 1 saturated carbocycles. The average Bonchev–Trinajstić information content (AvgIpc) is 3.13. The van der Waals surface area contributed by atoms with E-state index in [4.69, 9.17) is 4.74 Å². The number of hydrogen-bond acceptors (Lipinski definition) is 3. The van der Waals surface area contributed by atoms with Crippen LogP contribution in [0.25, 0.3) is 10.9 Å². The molecule has 1 aromatic heterocycles. The summed E-state index contributed by atoms with van der Waals surface area (Å²) in [6.07, 6.45) is 8.86. The molecule has 0 radical (unpaired) electrons. The number of benzene rings is 1. The van der Waals surface area contributed by atoms with E-state index < -0.39 is 0 Å². The maximum absolute atomic E-state index is 12.4. The van der Waals surface area contributed by atoms with Crippen LogP contribution in [-0.4, -0.2) is 33.9 Å². The lowest BCUT2D eigenvalue weighted by molar-refractivity contribution is -0.122. The van der Waals surface area contributed by atoms with Gasteiger partial charge in [-0.3, -0.25) is 9.48 Å². The average molecular weight is 313 g/mol. The molecule has 4 rings (SSSR count). The summed E-state index contributed by atoms with van der Waals surface area (Å²) < 4.78 is 7.82. The number of aromatic nitrogens is 2. The molecule has 1 aliphatic carbocycles. The van der Waals surface area contributed by atoms with Crippen LogP contribution in [0.3, 0.4) is 0 Å². The van der Waals surface area contributed by atoms with Gasteiger partial charge in [0.05, 0.1) is 30.0 Å². The number of nitrogens with one attached hydrogen (secondary N) is 1. The first-order valence-electron chi connectivity index (χ1n) is 8.58. The smallest absolute Gasteiger partial charge is 0.242 e. The van der Waals surface area contributed by atoms with Gasteiger partial charge in [-0.2, -0.15) is 5.10 Å². The number of rotatable bonds is 3. The lowest BCUT2D eigenvalue weighted by Crippen LogP contribution is -2.39. The molecule has 5 nitrogen and oxygen atoms in total. The quantitative estimate of drug-likeness (QED) is 0.948. The Bertz CT molecular complexity index is 703. The first-order chi connectivity index (χ1) is 11.2. The van der Waals surface area contributed by atoms with Gasteiger partial charge in [0.25, 0.3) is 0 Å². The molecule has 1 amide bonds. The van der Waals surface area contributed by atoms with Gasteiger partial charge in [-0.1, -0.05) is 37.5 Å². The first-order valence-corrected chi connectivity index (χ1v) is 8.58. The molecule has 2 fully saturated rings. The molecule has 1 aromatic carbocycles. The van der Waals surface area contributed by atoms with Crippen molar-refractivity contribution in [1.29, 1.82) is 0 Å². The summed E-state index contributed by atoms with van der Waals surface area (Å²) in [5.74, 6) is 0.0142. The Balaban J connectivity index is 1.37. The highest BCUT2D eigenvalue weighted by Gasteiger charge is 2.41. The minimum Gasteiger partial charge on any atom is -0.373 e. The molecular weight excluding hydrogens is 290 g/mol. The second-order valence-corrected chi connectivity index (χ2v) is 6.88. The van der Waals surface area contributed by atoms with Gasteiger partial charge in [0.1, 0.15) is 6.54 Å². The number of ether oxygens (including phenoxy) is 1. The van der Waals surface area contributed by atoms with Crippen molar-refractivity contribution in [2.24, 2.45) is 0 Å². The number of para-hydroxylation sites is 1. The zero-order valence-electron chi connectivity index (χ0n) is 13.3. The van der Waals surface area contributed by atoms with Crippen molar-refractivity contribution in [3.63, 3.8) is 0 Å². The Morgan fingerprint density at radius 2 is 2.13 bits per heavy atom. The van der Waals surface area contributed by atoms with Gasteiger partial charge >= 0.3 is 0 Å². The highest BCUT2D eigenvalue weighted by Crippen LogP contribution is 2.39. The summed E-state index contributed by atoms with van der Waals surface area (Å²) in [4.78, 5) is 12.4. The van der Waals surface area contributed by atoms with Gasteiger partial charge in [0, 0.05) is 5.39 Å². The van der Waals surface area contributed by atoms with E-state index in [1.165, 1.54) is 19.3 Å². The van der Waals surface area contributed by atoms with E-state index in [9.17, 15) is 4.79 Å². The molecule has 1 spiro atoms. The maximum atomic E-state index is 12.4. The lowest BCUT2D eigenvalue weighted by Gasteiger charge is -2.32. The fourth-order valence-electron chi connectivity index (χ4n) is 4.04. The summed E-state index contributed by atoms with van der Waals surface area (Å²) in [7, 11) is 0. The van der Waals surface area contributed by atoms with Crippen LogP contribution in [0, 0.1) is 0 Å². The monoisotopic (exact) mass is 313 g/mol. The molecule has 1 unspecified atom stereocenters. The normalized spacial score (nSPS) is 23.4. The highest BCUT2D eigenvalue weighted by molar-refractivity contribution is 5.82. The van der Waals surface area contributed by atoms with E-state index in [2.05, 4.69) is 10.4 Å². The topological polar surface area (TPSA) is 56.2 Å². The van der Waals surface area contributed by atoms with Crippen molar-refractivity contribution in [3.8, 4) is 0 Å². The molecular formula is C18H23N3O2. The van der Waals surface area contributed by atoms with Gasteiger partial charge in [-0.25, -0.2) is 0 Å². The molecule has 23 heavy (non-hydrogen) atoms. The fraction of sp³-hybridized carbons (Fsp3) is 0.556. The molecule has 1 saturated heterocycles. The van der Waals surface area contributed by atoms with Gasteiger partial charge in [0.15, 0.2) is 0 Å². The van der Waals surface area contributed by atoms with Crippen molar-refractivity contribution in [2.45, 2.75) is 56.7 Å². The van der Waals surface area contributed by atoms with E-state index in [0.29, 0.717) is 6.61 Å². The third kappa shape index (κ3) is 2.98. The van der Waals surface area contributed by atoms with E-state index in [1.54, 1.807) is 10.9 Å². The molecule has 1 aliphatic heterocycles. The highest BCUT2D eigenvalue weighted by atomic mass is 16.5. The minimum absolute atomic E-state index is 0.0142. The van der Waals surface area contributed by atoms with Crippen molar-refractivity contribution in [1.82, 2.24) is 15.1 Å². The van der Waals surface area contributed by atoms with Gasteiger partial charge in [0.2, 0.25) is 5.91 Å². The standard InChI is InChI=1S/C18H23N3O2/c22-17(12-21-16-7-3-2-6-14(16)11-19-21)20-15-10-18(23-13-15)8-4-1-5-9-18/h2-3,6-7,11,15H,1,4-5,8-10,12-13H2,(H,20,22). The summed E-state index contributed by atoms with van der Waals surface area (Å²) in [5, 5.41) is 8.51. The zero-order valence-corrected chi connectivity index (χ0v) is 13.3. The second kappa shape index (κ2) is 5.96. The molecule has 1 N–H and O–H groups in total. The van der Waals surface area contributed by atoms with Crippen LogP contribution >= 0.6 is 0 Å². The Morgan fingerprint density at radius 3 is 3.00 bits per heavy atom. The number of nitrogens with zero attached hydrogens (tertiary/aromatic N) is 2. The summed E-state index contributed by atoms with van der Waals surface area (Å²) in [5.41, 5.74) is 1.03. The lowest BCUT2D eigenvalue weighted by atomic mass is 9.82. The van der Waals surface area contributed by atoms with Crippen LogP contribution in [-0.2, 0) is 16.1 Å². The summed E-state index contributed by atoms with van der Waals surface area (Å²) >= 11 is 0. The molecule has 0 bridgehead atoms. The zero-order chi connectivity index (χ0) is 15.7. The molecule has 2 heterocycles. The third-order valence-corrected chi connectivity index (χ3v) is 5.18. The van der Waals surface area contributed by atoms with Crippen LogP contribution in [0.1, 0.15) is 38.5 Å². The fourth-order valence-corrected chi connectivity index (χ4v) is 4.04. The van der Waals surface area contributed by atoms with Gasteiger partial charge < -0.3 is 10.1 Å². The van der Waals surface area contributed by atoms with Crippen molar-refractivity contribution >= 4 is 16.8 Å². The molecule has 5 heteroatoms. The van der Waals surface area contributed by atoms with E-state index >= 15 is 0 Å². The van der Waals surface area contributed by atoms with E-state index in [1.807, 2.05) is 24.3 Å². The summed E-state index contributed by atoms with van der Waals surface area (Å²) in [6, 6.07) is 8.09. The van der Waals surface area contributed by atoms with E-state index in [-0.39, 0.29) is 24.1 Å². The second-order valence-electron chi connectivity index (χ2n) is 6.88. The van der Waals surface area contributed by atoms with Crippen molar-refractivity contribution in [3.05, 3.63) is 30.5 Å². The third-order valence-electron chi connectivity index (χ3n) is 5.18. The SMILES string of the molecule is O=C(Cn1ncc2ccccc21)NC1COC2(CCCCC2)C1. The first kappa shape index (κ1) is 14.7. The number of carbonyl (C=O) groups excluding carboxylic acids is 1. The predicted molar refractivity (Wildman–Crippen MR) is 88.0 cm³/mol. The van der Waals surface area contributed by atoms with Crippen LogP contribution in [0.5, 0.6) is 0 Å². The molecule has 122 valence electrons. The van der Waals surface area contributed by atoms with Crippen LogP contribution in [0.4, 0.5) is 0 Å². The molecule has 2 aromatic rings. The number of fused-ring (bicyclic) bond motifs is 1. The largest absolute Gasteiger partial charge is 0.373 e. The van der Waals surface area contributed by atoms with Crippen molar-refractivity contribution in [2.75, 3.05) is 6.61 Å². The number of carbonyl (C=O) groups is 1. The molecule has 2 aliphatic rings. The minimum atomic E-state index is 0.0142. The van der Waals surface area contributed by atoms with Crippen LogP contribution in [0.2, 0.25) is 0 Å². The van der Waals surface area contributed by atoms with Gasteiger partial charge in [-0.05, 0) is 25.3 Å². The Labute approximate surface area is 136 Å².